The van der Waals surface area contributed by atoms with Crippen LogP contribution < -0.4 is 5.73 Å². The standard InChI is InChI=1S/C14H24N2O4/c1-7(2)8(3)9(4)11(12(15)17)16-6-5-10(13(16)18)14(19)20/h7-11H,5-6H2,1-4H3,(H2,15,17)(H,19,20). The lowest BCUT2D eigenvalue weighted by molar-refractivity contribution is -0.150. The number of primary amides is 1. The summed E-state index contributed by atoms with van der Waals surface area (Å²) >= 11 is 0. The van der Waals surface area contributed by atoms with Gasteiger partial charge in [0, 0.05) is 6.54 Å². The van der Waals surface area contributed by atoms with E-state index in [2.05, 4.69) is 0 Å². The summed E-state index contributed by atoms with van der Waals surface area (Å²) in [6, 6.07) is -0.732. The molecule has 6 nitrogen and oxygen atoms in total. The molecule has 2 amide bonds. The molecule has 0 radical (unpaired) electrons. The van der Waals surface area contributed by atoms with Crippen molar-refractivity contribution in [3.63, 3.8) is 0 Å². The van der Waals surface area contributed by atoms with E-state index < -0.39 is 29.7 Å². The molecule has 0 spiro atoms. The lowest BCUT2D eigenvalue weighted by Crippen LogP contribution is -2.52. The van der Waals surface area contributed by atoms with Gasteiger partial charge in [0.1, 0.15) is 12.0 Å². The third-order valence-corrected chi connectivity index (χ3v) is 4.54. The van der Waals surface area contributed by atoms with Crippen molar-refractivity contribution in [2.75, 3.05) is 6.54 Å². The fraction of sp³-hybridized carbons (Fsp3) is 0.786. The van der Waals surface area contributed by atoms with Crippen molar-refractivity contribution in [3.05, 3.63) is 0 Å². The molecule has 1 heterocycles. The first-order valence-electron chi connectivity index (χ1n) is 7.01. The van der Waals surface area contributed by atoms with E-state index >= 15 is 0 Å². The van der Waals surface area contributed by atoms with E-state index in [4.69, 9.17) is 10.8 Å². The molecule has 1 aliphatic rings. The topological polar surface area (TPSA) is 101 Å². The number of amides is 2. The van der Waals surface area contributed by atoms with Crippen LogP contribution >= 0.6 is 0 Å². The molecule has 6 heteroatoms. The quantitative estimate of drug-likeness (QED) is 0.701. The molecular weight excluding hydrogens is 260 g/mol. The third kappa shape index (κ3) is 3.11. The smallest absolute Gasteiger partial charge is 0.316 e. The fourth-order valence-electron chi connectivity index (χ4n) is 2.80. The number of likely N-dealkylation sites (tertiary alicyclic amines) is 1. The van der Waals surface area contributed by atoms with Crippen molar-refractivity contribution in [3.8, 4) is 0 Å². The molecule has 0 bridgehead atoms. The van der Waals surface area contributed by atoms with E-state index in [1.54, 1.807) is 0 Å². The molecule has 0 aromatic rings. The molecule has 4 unspecified atom stereocenters. The van der Waals surface area contributed by atoms with Gasteiger partial charge in [0.05, 0.1) is 0 Å². The van der Waals surface area contributed by atoms with Gasteiger partial charge in [0.2, 0.25) is 11.8 Å². The number of carbonyl (C=O) groups excluding carboxylic acids is 2. The lowest BCUT2D eigenvalue weighted by Gasteiger charge is -2.35. The van der Waals surface area contributed by atoms with Crippen LogP contribution in [-0.2, 0) is 14.4 Å². The van der Waals surface area contributed by atoms with Crippen molar-refractivity contribution < 1.29 is 19.5 Å². The predicted molar refractivity (Wildman–Crippen MR) is 73.6 cm³/mol. The van der Waals surface area contributed by atoms with Crippen LogP contribution in [0.1, 0.15) is 34.1 Å². The maximum Gasteiger partial charge on any atom is 0.316 e. The van der Waals surface area contributed by atoms with Gasteiger partial charge in [-0.1, -0.05) is 27.7 Å². The second-order valence-corrected chi connectivity index (χ2v) is 6.02. The van der Waals surface area contributed by atoms with Gasteiger partial charge in [0.25, 0.3) is 0 Å². The van der Waals surface area contributed by atoms with Crippen LogP contribution in [0.15, 0.2) is 0 Å². The molecule has 0 saturated carbocycles. The van der Waals surface area contributed by atoms with Crippen molar-refractivity contribution in [2.45, 2.75) is 40.2 Å². The first kappa shape index (κ1) is 16.5. The number of nitrogens with zero attached hydrogens (tertiary/aromatic N) is 1. The minimum absolute atomic E-state index is 0.107. The Morgan fingerprint density at radius 2 is 1.80 bits per heavy atom. The largest absolute Gasteiger partial charge is 0.481 e. The van der Waals surface area contributed by atoms with Gasteiger partial charge in [-0.2, -0.15) is 0 Å². The van der Waals surface area contributed by atoms with E-state index in [9.17, 15) is 14.4 Å². The Kier molecular flexibility index (Phi) is 5.14. The molecule has 1 fully saturated rings. The lowest BCUT2D eigenvalue weighted by atomic mass is 9.81. The minimum atomic E-state index is -1.13. The van der Waals surface area contributed by atoms with Gasteiger partial charge >= 0.3 is 5.97 Å². The Morgan fingerprint density at radius 1 is 1.25 bits per heavy atom. The molecule has 0 aromatic heterocycles. The first-order chi connectivity index (χ1) is 9.18. The summed E-state index contributed by atoms with van der Waals surface area (Å²) in [6.45, 7) is 8.27. The van der Waals surface area contributed by atoms with Crippen LogP contribution in [0.25, 0.3) is 0 Å². The van der Waals surface area contributed by atoms with Gasteiger partial charge in [-0.25, -0.2) is 0 Å². The molecule has 0 aliphatic carbocycles. The van der Waals surface area contributed by atoms with Crippen LogP contribution in [0.5, 0.6) is 0 Å². The summed E-state index contributed by atoms with van der Waals surface area (Å²) in [5, 5.41) is 8.99. The molecule has 4 atom stereocenters. The normalized spacial score (nSPS) is 23.8. The Balaban J connectivity index is 2.96. The SMILES string of the molecule is CC(C)C(C)C(C)C(C(N)=O)N1CCC(C(=O)O)C1=O. The molecular formula is C14H24N2O4. The van der Waals surface area contributed by atoms with Crippen LogP contribution in [0, 0.1) is 23.7 Å². The molecule has 1 saturated heterocycles. The second kappa shape index (κ2) is 6.24. The second-order valence-electron chi connectivity index (χ2n) is 6.02. The third-order valence-electron chi connectivity index (χ3n) is 4.54. The van der Waals surface area contributed by atoms with Crippen LogP contribution in [0.4, 0.5) is 0 Å². The van der Waals surface area contributed by atoms with E-state index in [1.165, 1.54) is 4.90 Å². The number of carboxylic acids is 1. The number of aliphatic carboxylic acids is 1. The summed E-state index contributed by atoms with van der Waals surface area (Å²) in [7, 11) is 0. The van der Waals surface area contributed by atoms with Gasteiger partial charge in [-0.15, -0.1) is 0 Å². The summed E-state index contributed by atoms with van der Waals surface area (Å²) in [5.74, 6) is -2.80. The summed E-state index contributed by atoms with van der Waals surface area (Å²) in [6.07, 6.45) is 0.237. The van der Waals surface area contributed by atoms with Crippen LogP contribution in [0.2, 0.25) is 0 Å². The van der Waals surface area contributed by atoms with Crippen molar-refractivity contribution >= 4 is 17.8 Å². The monoisotopic (exact) mass is 284 g/mol. The first-order valence-corrected chi connectivity index (χ1v) is 7.01. The number of hydrogen-bond acceptors (Lipinski definition) is 3. The highest BCUT2D eigenvalue weighted by Crippen LogP contribution is 2.30. The van der Waals surface area contributed by atoms with Crippen molar-refractivity contribution in [2.24, 2.45) is 29.4 Å². The zero-order valence-corrected chi connectivity index (χ0v) is 12.5. The molecule has 20 heavy (non-hydrogen) atoms. The van der Waals surface area contributed by atoms with Crippen molar-refractivity contribution in [1.82, 2.24) is 4.90 Å². The average Bonchev–Trinajstić information content (AvgIpc) is 2.70. The molecule has 0 aromatic carbocycles. The minimum Gasteiger partial charge on any atom is -0.481 e. The fourth-order valence-corrected chi connectivity index (χ4v) is 2.80. The van der Waals surface area contributed by atoms with Crippen molar-refractivity contribution in [1.29, 1.82) is 0 Å². The molecule has 1 aliphatic heterocycles. The highest BCUT2D eigenvalue weighted by atomic mass is 16.4. The Labute approximate surface area is 119 Å². The Morgan fingerprint density at radius 3 is 2.15 bits per heavy atom. The number of carbonyl (C=O) groups is 3. The van der Waals surface area contributed by atoms with E-state index in [0.29, 0.717) is 5.92 Å². The molecule has 114 valence electrons. The summed E-state index contributed by atoms with van der Waals surface area (Å²) < 4.78 is 0. The number of rotatable bonds is 6. The Hall–Kier alpha value is -1.59. The molecule has 3 N–H and O–H groups in total. The van der Waals surface area contributed by atoms with Crippen LogP contribution in [-0.4, -0.2) is 40.4 Å². The highest BCUT2D eigenvalue weighted by molar-refractivity contribution is 6.00. The van der Waals surface area contributed by atoms with Gasteiger partial charge < -0.3 is 15.7 Å². The molecule has 1 rings (SSSR count). The predicted octanol–water partition coefficient (Wildman–Crippen LogP) is 0.702. The Bertz CT molecular complexity index is 408. The van der Waals surface area contributed by atoms with Gasteiger partial charge in [-0.3, -0.25) is 14.4 Å². The highest BCUT2D eigenvalue weighted by Gasteiger charge is 2.44. The van der Waals surface area contributed by atoms with E-state index in [0.717, 1.165) is 0 Å². The van der Waals surface area contributed by atoms with E-state index in [-0.39, 0.29) is 24.8 Å². The van der Waals surface area contributed by atoms with Gasteiger partial charge in [0.15, 0.2) is 0 Å². The number of hydrogen-bond donors (Lipinski definition) is 2. The van der Waals surface area contributed by atoms with E-state index in [1.807, 2.05) is 27.7 Å². The number of carboxylic acid groups (broad SMARTS) is 1. The summed E-state index contributed by atoms with van der Waals surface area (Å²) in [5.41, 5.74) is 5.46. The maximum atomic E-state index is 12.1. The van der Waals surface area contributed by atoms with Gasteiger partial charge in [-0.05, 0) is 24.2 Å². The van der Waals surface area contributed by atoms with Crippen LogP contribution in [0.3, 0.4) is 0 Å². The summed E-state index contributed by atoms with van der Waals surface area (Å²) in [4.78, 5) is 36.2. The number of nitrogens with two attached hydrogens (primary N) is 1. The maximum absolute atomic E-state index is 12.1. The average molecular weight is 284 g/mol. The zero-order chi connectivity index (χ0) is 15.6. The zero-order valence-electron chi connectivity index (χ0n) is 12.5.